The second-order valence-electron chi connectivity index (χ2n) is 8.59. The maximum absolute atomic E-state index is 13.3. The average molecular weight is 393 g/mol. The Bertz CT molecular complexity index is 1090. The standard InChI is InChI=1S/C22H28N6O/c1-14-9-10-16-13-18(22(29)23-19(16)15(14)2)20(27-11-5-6-12-27)21-24-25-26-28(21)17-7-3-4-8-17/h9-10,13,17,20H,3-8,11-12H2,1-2H3,(H,23,29)/t20-/m0/s1. The predicted octanol–water partition coefficient (Wildman–Crippen LogP) is 3.43. The summed E-state index contributed by atoms with van der Waals surface area (Å²) in [6.07, 6.45) is 6.94. The lowest BCUT2D eigenvalue weighted by Crippen LogP contribution is -2.34. The number of benzene rings is 1. The average Bonchev–Trinajstić information content (AvgIpc) is 3.48. The van der Waals surface area contributed by atoms with Crippen molar-refractivity contribution in [3.05, 3.63) is 51.1 Å². The number of H-pyrrole nitrogens is 1. The number of pyridine rings is 1. The first-order valence-corrected chi connectivity index (χ1v) is 10.8. The number of hydrogen-bond acceptors (Lipinski definition) is 5. The predicted molar refractivity (Wildman–Crippen MR) is 112 cm³/mol. The summed E-state index contributed by atoms with van der Waals surface area (Å²) in [6, 6.07) is 6.40. The van der Waals surface area contributed by atoms with Crippen LogP contribution in [0, 0.1) is 13.8 Å². The molecular weight excluding hydrogens is 364 g/mol. The number of hydrogen-bond donors (Lipinski definition) is 1. The first-order chi connectivity index (χ1) is 14.1. The number of rotatable bonds is 4. The Kier molecular flexibility index (Phi) is 4.70. The fourth-order valence-electron chi connectivity index (χ4n) is 5.03. The number of aromatic nitrogens is 5. The zero-order valence-corrected chi connectivity index (χ0v) is 17.2. The van der Waals surface area contributed by atoms with Crippen LogP contribution >= 0.6 is 0 Å². The van der Waals surface area contributed by atoms with E-state index in [2.05, 4.69) is 57.5 Å². The zero-order valence-electron chi connectivity index (χ0n) is 17.2. The van der Waals surface area contributed by atoms with Gasteiger partial charge in [0, 0.05) is 5.56 Å². The fourth-order valence-corrected chi connectivity index (χ4v) is 5.03. The molecule has 152 valence electrons. The van der Waals surface area contributed by atoms with Gasteiger partial charge in [-0.15, -0.1) is 5.10 Å². The fraction of sp³-hybridized carbons (Fsp3) is 0.545. The maximum Gasteiger partial charge on any atom is 0.253 e. The number of fused-ring (bicyclic) bond motifs is 1. The van der Waals surface area contributed by atoms with E-state index in [-0.39, 0.29) is 11.6 Å². The van der Waals surface area contributed by atoms with E-state index in [1.165, 1.54) is 18.4 Å². The molecule has 1 aromatic carbocycles. The van der Waals surface area contributed by atoms with E-state index in [1.807, 2.05) is 4.68 Å². The van der Waals surface area contributed by atoms with Gasteiger partial charge in [0.05, 0.1) is 11.6 Å². The Morgan fingerprint density at radius 3 is 2.62 bits per heavy atom. The summed E-state index contributed by atoms with van der Waals surface area (Å²) in [6.45, 7) is 6.06. The van der Waals surface area contributed by atoms with Crippen LogP contribution in [-0.2, 0) is 0 Å². The van der Waals surface area contributed by atoms with E-state index in [0.29, 0.717) is 6.04 Å². The summed E-state index contributed by atoms with van der Waals surface area (Å²) in [5.41, 5.74) is 3.94. The number of nitrogens with one attached hydrogen (secondary N) is 1. The van der Waals surface area contributed by atoms with E-state index >= 15 is 0 Å². The lowest BCUT2D eigenvalue weighted by atomic mass is 10.00. The first-order valence-electron chi connectivity index (χ1n) is 10.8. The summed E-state index contributed by atoms with van der Waals surface area (Å²) in [5.74, 6) is 0.812. The number of aryl methyl sites for hydroxylation is 2. The van der Waals surface area contributed by atoms with Gasteiger partial charge in [0.25, 0.3) is 5.56 Å². The molecule has 2 fully saturated rings. The monoisotopic (exact) mass is 392 g/mol. The summed E-state index contributed by atoms with van der Waals surface area (Å²) in [7, 11) is 0. The molecule has 2 aromatic heterocycles. The highest BCUT2D eigenvalue weighted by Crippen LogP contribution is 2.35. The van der Waals surface area contributed by atoms with Gasteiger partial charge in [0.15, 0.2) is 5.82 Å². The van der Waals surface area contributed by atoms with Crippen LogP contribution in [0.15, 0.2) is 23.0 Å². The molecule has 1 N–H and O–H groups in total. The molecule has 7 heteroatoms. The van der Waals surface area contributed by atoms with Crippen LogP contribution in [0.3, 0.4) is 0 Å². The van der Waals surface area contributed by atoms with Crippen molar-refractivity contribution in [2.75, 3.05) is 13.1 Å². The molecule has 0 amide bonds. The van der Waals surface area contributed by atoms with Crippen LogP contribution in [0.4, 0.5) is 0 Å². The molecule has 2 aliphatic rings. The Morgan fingerprint density at radius 2 is 1.86 bits per heavy atom. The molecule has 29 heavy (non-hydrogen) atoms. The lowest BCUT2D eigenvalue weighted by molar-refractivity contribution is 0.256. The van der Waals surface area contributed by atoms with E-state index < -0.39 is 0 Å². The smallest absolute Gasteiger partial charge is 0.253 e. The van der Waals surface area contributed by atoms with Crippen molar-refractivity contribution < 1.29 is 0 Å². The van der Waals surface area contributed by atoms with Gasteiger partial charge in [-0.05, 0) is 85.6 Å². The minimum absolute atomic E-state index is 0.0379. The second-order valence-corrected chi connectivity index (χ2v) is 8.59. The third-order valence-electron chi connectivity index (χ3n) is 6.81. The highest BCUT2D eigenvalue weighted by Gasteiger charge is 2.34. The number of tetrazole rings is 1. The molecule has 0 bridgehead atoms. The molecule has 1 aliphatic heterocycles. The van der Waals surface area contributed by atoms with Gasteiger partial charge in [0.2, 0.25) is 0 Å². The normalized spacial score (nSPS) is 19.4. The molecule has 5 rings (SSSR count). The van der Waals surface area contributed by atoms with Crippen LogP contribution < -0.4 is 5.56 Å². The van der Waals surface area contributed by atoms with Gasteiger partial charge < -0.3 is 4.98 Å². The third-order valence-corrected chi connectivity index (χ3v) is 6.81. The molecule has 1 saturated heterocycles. The van der Waals surface area contributed by atoms with Crippen molar-refractivity contribution in [3.63, 3.8) is 0 Å². The Morgan fingerprint density at radius 1 is 1.10 bits per heavy atom. The van der Waals surface area contributed by atoms with Crippen molar-refractivity contribution in [3.8, 4) is 0 Å². The number of nitrogens with zero attached hydrogens (tertiary/aromatic N) is 5. The molecular formula is C22H28N6O. The van der Waals surface area contributed by atoms with Crippen LogP contribution in [0.5, 0.6) is 0 Å². The van der Waals surface area contributed by atoms with Crippen LogP contribution in [0.1, 0.15) is 73.1 Å². The molecule has 1 atom stereocenters. The van der Waals surface area contributed by atoms with Crippen LogP contribution in [0.2, 0.25) is 0 Å². The third kappa shape index (κ3) is 3.17. The SMILES string of the molecule is Cc1ccc2cc([C@@H](c3nnnn3C3CCCC3)N3CCCC3)c(=O)[nH]c2c1C. The summed E-state index contributed by atoms with van der Waals surface area (Å²) < 4.78 is 2.00. The maximum atomic E-state index is 13.3. The highest BCUT2D eigenvalue weighted by molar-refractivity contribution is 5.83. The summed E-state index contributed by atoms with van der Waals surface area (Å²) in [5, 5.41) is 13.9. The van der Waals surface area contributed by atoms with Crippen molar-refractivity contribution in [2.45, 2.75) is 64.5 Å². The van der Waals surface area contributed by atoms with Gasteiger partial charge in [-0.2, -0.15) is 0 Å². The van der Waals surface area contributed by atoms with Crippen molar-refractivity contribution in [2.24, 2.45) is 0 Å². The molecule has 0 radical (unpaired) electrons. The lowest BCUT2D eigenvalue weighted by Gasteiger charge is -2.27. The van der Waals surface area contributed by atoms with E-state index in [0.717, 1.165) is 66.6 Å². The van der Waals surface area contributed by atoms with Gasteiger partial charge in [-0.1, -0.05) is 25.0 Å². The first kappa shape index (κ1) is 18.5. The number of aromatic amines is 1. The second kappa shape index (κ2) is 7.37. The van der Waals surface area contributed by atoms with Gasteiger partial charge in [-0.25, -0.2) is 4.68 Å². The summed E-state index contributed by atoms with van der Waals surface area (Å²) >= 11 is 0. The van der Waals surface area contributed by atoms with E-state index in [1.54, 1.807) is 0 Å². The molecule has 0 unspecified atom stereocenters. The topological polar surface area (TPSA) is 79.7 Å². The van der Waals surface area contributed by atoms with Crippen molar-refractivity contribution >= 4 is 10.9 Å². The largest absolute Gasteiger partial charge is 0.321 e. The molecule has 3 aromatic rings. The van der Waals surface area contributed by atoms with Gasteiger partial charge in [-0.3, -0.25) is 9.69 Å². The van der Waals surface area contributed by atoms with Crippen molar-refractivity contribution in [1.82, 2.24) is 30.1 Å². The van der Waals surface area contributed by atoms with E-state index in [9.17, 15) is 4.79 Å². The van der Waals surface area contributed by atoms with Crippen LogP contribution in [0.25, 0.3) is 10.9 Å². The zero-order chi connectivity index (χ0) is 20.0. The van der Waals surface area contributed by atoms with Gasteiger partial charge >= 0.3 is 0 Å². The molecule has 1 aliphatic carbocycles. The highest BCUT2D eigenvalue weighted by atomic mass is 16.1. The minimum Gasteiger partial charge on any atom is -0.321 e. The van der Waals surface area contributed by atoms with Crippen molar-refractivity contribution in [1.29, 1.82) is 0 Å². The molecule has 1 saturated carbocycles. The quantitative estimate of drug-likeness (QED) is 0.736. The summed E-state index contributed by atoms with van der Waals surface area (Å²) in [4.78, 5) is 18.8. The van der Waals surface area contributed by atoms with E-state index in [4.69, 9.17) is 0 Å². The Hall–Kier alpha value is -2.54. The Labute approximate surface area is 170 Å². The minimum atomic E-state index is -0.206. The Balaban J connectivity index is 1.67. The molecule has 7 nitrogen and oxygen atoms in total. The molecule has 0 spiro atoms. The number of likely N-dealkylation sites (tertiary alicyclic amines) is 1. The van der Waals surface area contributed by atoms with Crippen LogP contribution in [-0.4, -0.2) is 43.2 Å². The molecule has 3 heterocycles. The van der Waals surface area contributed by atoms with Gasteiger partial charge in [0.1, 0.15) is 6.04 Å².